The van der Waals surface area contributed by atoms with Crippen LogP contribution in [0.25, 0.3) is 0 Å². The van der Waals surface area contributed by atoms with E-state index in [0.717, 1.165) is 25.9 Å². The third-order valence-electron chi connectivity index (χ3n) is 3.74. The zero-order valence-corrected chi connectivity index (χ0v) is 10.9. The van der Waals surface area contributed by atoms with Crippen LogP contribution in [0.4, 0.5) is 0 Å². The van der Waals surface area contributed by atoms with E-state index in [1.165, 1.54) is 0 Å². The Morgan fingerprint density at radius 3 is 2.68 bits per heavy atom. The number of ether oxygens (including phenoxy) is 5. The smallest absolute Gasteiger partial charge is 0.306 e. The van der Waals surface area contributed by atoms with E-state index in [2.05, 4.69) is 0 Å². The molecule has 3 unspecified atom stereocenters. The van der Waals surface area contributed by atoms with Crippen molar-refractivity contribution in [3.63, 3.8) is 0 Å². The summed E-state index contributed by atoms with van der Waals surface area (Å²) in [5, 5.41) is 0. The molecule has 0 N–H and O–H groups in total. The molecular weight excluding hydrogens is 252 g/mol. The second-order valence-corrected chi connectivity index (χ2v) is 5.14. The summed E-state index contributed by atoms with van der Waals surface area (Å²) < 4.78 is 27.4. The summed E-state index contributed by atoms with van der Waals surface area (Å²) in [5.74, 6) is -0.277. The number of rotatable bonds is 4. The Balaban J connectivity index is 1.51. The summed E-state index contributed by atoms with van der Waals surface area (Å²) in [7, 11) is 0. The van der Waals surface area contributed by atoms with Crippen LogP contribution in [0.3, 0.4) is 0 Å². The van der Waals surface area contributed by atoms with Crippen LogP contribution in [0.1, 0.15) is 25.7 Å². The molecule has 0 bridgehead atoms. The number of carbonyl (C=O) groups is 1. The van der Waals surface area contributed by atoms with Gasteiger partial charge >= 0.3 is 5.97 Å². The van der Waals surface area contributed by atoms with Crippen molar-refractivity contribution in [1.82, 2.24) is 0 Å². The molecule has 0 aromatic carbocycles. The van der Waals surface area contributed by atoms with E-state index in [1.54, 1.807) is 0 Å². The third-order valence-corrected chi connectivity index (χ3v) is 3.74. The van der Waals surface area contributed by atoms with Gasteiger partial charge in [0.1, 0.15) is 6.10 Å². The summed E-state index contributed by atoms with van der Waals surface area (Å²) in [6.07, 6.45) is 2.65. The van der Waals surface area contributed by atoms with Crippen molar-refractivity contribution in [3.05, 3.63) is 0 Å². The molecule has 108 valence electrons. The fourth-order valence-electron chi connectivity index (χ4n) is 2.73. The lowest BCUT2D eigenvalue weighted by Gasteiger charge is -2.26. The maximum Gasteiger partial charge on any atom is 0.306 e. The van der Waals surface area contributed by atoms with Gasteiger partial charge in [0, 0.05) is 6.61 Å². The Morgan fingerprint density at radius 2 is 1.95 bits per heavy atom. The Morgan fingerprint density at radius 1 is 1.11 bits per heavy atom. The van der Waals surface area contributed by atoms with Crippen LogP contribution in [0.15, 0.2) is 0 Å². The first-order chi connectivity index (χ1) is 9.33. The Bertz CT molecular complexity index is 308. The first kappa shape index (κ1) is 13.3. The van der Waals surface area contributed by atoms with Crippen LogP contribution < -0.4 is 0 Å². The summed E-state index contributed by atoms with van der Waals surface area (Å²) in [6.45, 7) is 2.25. The second kappa shape index (κ2) is 6.17. The fourth-order valence-corrected chi connectivity index (χ4v) is 2.73. The lowest BCUT2D eigenvalue weighted by atomic mass is 10.0. The van der Waals surface area contributed by atoms with Crippen molar-refractivity contribution >= 4 is 5.97 Å². The van der Waals surface area contributed by atoms with E-state index < -0.39 is 0 Å². The summed E-state index contributed by atoms with van der Waals surface area (Å²) in [5.41, 5.74) is 0. The molecule has 6 nitrogen and oxygen atoms in total. The van der Waals surface area contributed by atoms with Gasteiger partial charge < -0.3 is 23.7 Å². The molecular formula is C13H20O6. The van der Waals surface area contributed by atoms with E-state index in [9.17, 15) is 4.79 Å². The molecule has 0 radical (unpaired) electrons. The van der Waals surface area contributed by atoms with Gasteiger partial charge in [-0.25, -0.2) is 0 Å². The molecule has 0 saturated carbocycles. The van der Waals surface area contributed by atoms with Crippen LogP contribution >= 0.6 is 0 Å². The van der Waals surface area contributed by atoms with Crippen molar-refractivity contribution in [2.75, 3.05) is 26.4 Å². The van der Waals surface area contributed by atoms with E-state index in [0.29, 0.717) is 26.2 Å². The van der Waals surface area contributed by atoms with Gasteiger partial charge in [-0.1, -0.05) is 0 Å². The average molecular weight is 272 g/mol. The molecule has 0 aromatic rings. The summed E-state index contributed by atoms with van der Waals surface area (Å²) in [6, 6.07) is 0. The van der Waals surface area contributed by atoms with Crippen molar-refractivity contribution in [3.8, 4) is 0 Å². The standard InChI is InChI=1S/C13H20O6/c14-11-7-9(13-16-5-6-17-13)10(19-11)8-18-12-3-1-2-4-15-12/h9-10,12-13H,1-8H2. The van der Waals surface area contributed by atoms with Crippen LogP contribution in [0, 0.1) is 5.92 Å². The van der Waals surface area contributed by atoms with Gasteiger partial charge in [-0.2, -0.15) is 0 Å². The zero-order valence-electron chi connectivity index (χ0n) is 10.9. The topological polar surface area (TPSA) is 63.2 Å². The fraction of sp³-hybridized carbons (Fsp3) is 0.923. The maximum absolute atomic E-state index is 11.5. The SMILES string of the molecule is O=C1CC(C2OCCO2)C(COC2CCCCO2)O1. The quantitative estimate of drug-likeness (QED) is 0.706. The first-order valence-electron chi connectivity index (χ1n) is 6.99. The molecule has 3 aliphatic rings. The van der Waals surface area contributed by atoms with Gasteiger partial charge in [-0.05, 0) is 19.3 Å². The molecule has 3 aliphatic heterocycles. The minimum Gasteiger partial charge on any atom is -0.459 e. The molecule has 6 heteroatoms. The lowest BCUT2D eigenvalue weighted by Crippen LogP contribution is -2.34. The lowest BCUT2D eigenvalue weighted by molar-refractivity contribution is -0.189. The minimum atomic E-state index is -0.340. The predicted molar refractivity (Wildman–Crippen MR) is 63.2 cm³/mol. The molecule has 3 fully saturated rings. The normalized spacial score (nSPS) is 36.6. The monoisotopic (exact) mass is 272 g/mol. The molecule has 3 atom stereocenters. The Kier molecular flexibility index (Phi) is 4.32. The summed E-state index contributed by atoms with van der Waals surface area (Å²) in [4.78, 5) is 11.5. The molecule has 19 heavy (non-hydrogen) atoms. The molecule has 0 amide bonds. The summed E-state index contributed by atoms with van der Waals surface area (Å²) >= 11 is 0. The van der Waals surface area contributed by atoms with Crippen molar-refractivity contribution < 1.29 is 28.5 Å². The predicted octanol–water partition coefficient (Wildman–Crippen LogP) is 0.834. The molecule has 3 rings (SSSR count). The van der Waals surface area contributed by atoms with E-state index in [4.69, 9.17) is 23.7 Å². The number of carbonyl (C=O) groups excluding carboxylic acids is 1. The van der Waals surface area contributed by atoms with Crippen LogP contribution in [-0.2, 0) is 28.5 Å². The van der Waals surface area contributed by atoms with Crippen molar-refractivity contribution in [1.29, 1.82) is 0 Å². The third kappa shape index (κ3) is 3.25. The highest BCUT2D eigenvalue weighted by molar-refractivity contribution is 5.72. The van der Waals surface area contributed by atoms with Crippen LogP contribution in [0.2, 0.25) is 0 Å². The highest BCUT2D eigenvalue weighted by Gasteiger charge is 2.43. The van der Waals surface area contributed by atoms with Gasteiger partial charge in [0.2, 0.25) is 0 Å². The number of cyclic esters (lactones) is 1. The molecule has 3 saturated heterocycles. The maximum atomic E-state index is 11.5. The van der Waals surface area contributed by atoms with Gasteiger partial charge in [-0.3, -0.25) is 4.79 Å². The number of hydrogen-bond donors (Lipinski definition) is 0. The highest BCUT2D eigenvalue weighted by Crippen LogP contribution is 2.30. The molecule has 0 aromatic heterocycles. The van der Waals surface area contributed by atoms with Gasteiger partial charge in [0.25, 0.3) is 0 Å². The Labute approximate surface area is 112 Å². The van der Waals surface area contributed by atoms with Gasteiger partial charge in [-0.15, -0.1) is 0 Å². The van der Waals surface area contributed by atoms with Gasteiger partial charge in [0.15, 0.2) is 12.6 Å². The molecule has 0 aliphatic carbocycles. The average Bonchev–Trinajstić information content (AvgIpc) is 3.06. The van der Waals surface area contributed by atoms with Crippen molar-refractivity contribution in [2.45, 2.75) is 44.4 Å². The first-order valence-corrected chi connectivity index (χ1v) is 6.99. The Hall–Kier alpha value is -0.690. The van der Waals surface area contributed by atoms with Crippen LogP contribution in [-0.4, -0.2) is 51.1 Å². The highest BCUT2D eigenvalue weighted by atomic mass is 16.7. The second-order valence-electron chi connectivity index (χ2n) is 5.14. The molecule has 0 spiro atoms. The zero-order chi connectivity index (χ0) is 13.1. The minimum absolute atomic E-state index is 0.0707. The van der Waals surface area contributed by atoms with E-state index in [1.807, 2.05) is 0 Å². The van der Waals surface area contributed by atoms with Crippen LogP contribution in [0.5, 0.6) is 0 Å². The van der Waals surface area contributed by atoms with Gasteiger partial charge in [0.05, 0.1) is 32.2 Å². The van der Waals surface area contributed by atoms with Crippen molar-refractivity contribution in [2.24, 2.45) is 5.92 Å². The molecule has 3 heterocycles. The van der Waals surface area contributed by atoms with E-state index >= 15 is 0 Å². The largest absolute Gasteiger partial charge is 0.459 e. The van der Waals surface area contributed by atoms with E-state index in [-0.39, 0.29) is 30.6 Å². The number of esters is 1. The number of hydrogen-bond acceptors (Lipinski definition) is 6.